The highest BCUT2D eigenvalue weighted by Crippen LogP contribution is 2.19. The summed E-state index contributed by atoms with van der Waals surface area (Å²) in [4.78, 5) is 4.23. The summed E-state index contributed by atoms with van der Waals surface area (Å²) < 4.78 is 15.1. The second kappa shape index (κ2) is 5.17. The number of aromatic nitrogens is 2. The lowest BCUT2D eigenvalue weighted by atomic mass is 10.2. The molecule has 92 valence electrons. The first-order valence-corrected chi connectivity index (χ1v) is 6.13. The molecule has 2 rings (SSSR count). The Hall–Kier alpha value is -1.58. The summed E-state index contributed by atoms with van der Waals surface area (Å²) in [6.07, 6.45) is 4.65. The molecule has 0 bridgehead atoms. The largest absolute Gasteiger partial charge is 0.369 e. The lowest BCUT2D eigenvalue weighted by Crippen LogP contribution is -2.03. The highest BCUT2D eigenvalue weighted by Gasteiger charge is 2.08. The van der Waals surface area contributed by atoms with Gasteiger partial charge in [0.05, 0.1) is 11.0 Å². The van der Waals surface area contributed by atoms with Gasteiger partial charge in [0, 0.05) is 6.54 Å². The van der Waals surface area contributed by atoms with Crippen LogP contribution in [0, 0.1) is 5.82 Å². The van der Waals surface area contributed by atoms with E-state index in [1.807, 2.05) is 4.57 Å². The van der Waals surface area contributed by atoms with Crippen LogP contribution in [0.15, 0.2) is 18.2 Å². The Balaban J connectivity index is 2.20. The maximum atomic E-state index is 13.2. The molecule has 2 N–H and O–H groups in total. The van der Waals surface area contributed by atoms with Gasteiger partial charge in [-0.1, -0.05) is 26.2 Å². The van der Waals surface area contributed by atoms with Crippen LogP contribution in [0.5, 0.6) is 0 Å². The van der Waals surface area contributed by atoms with Gasteiger partial charge in [0.25, 0.3) is 0 Å². The summed E-state index contributed by atoms with van der Waals surface area (Å²) in [7, 11) is 0. The zero-order valence-electron chi connectivity index (χ0n) is 10.1. The molecule has 0 saturated carbocycles. The molecule has 0 atom stereocenters. The Morgan fingerprint density at radius 3 is 2.88 bits per heavy atom. The first-order chi connectivity index (χ1) is 8.22. The van der Waals surface area contributed by atoms with Crippen molar-refractivity contribution in [2.75, 3.05) is 5.73 Å². The van der Waals surface area contributed by atoms with Gasteiger partial charge >= 0.3 is 0 Å². The minimum Gasteiger partial charge on any atom is -0.369 e. The zero-order valence-corrected chi connectivity index (χ0v) is 10.1. The number of halogens is 1. The number of unbranched alkanes of at least 4 members (excludes halogenated alkanes) is 3. The maximum absolute atomic E-state index is 13.2. The van der Waals surface area contributed by atoms with Crippen molar-refractivity contribution in [3.63, 3.8) is 0 Å². The third-order valence-electron chi connectivity index (χ3n) is 2.98. The molecule has 0 aliphatic carbocycles. The van der Waals surface area contributed by atoms with Crippen LogP contribution in [-0.4, -0.2) is 9.55 Å². The number of nitrogens with two attached hydrogens (primary N) is 1. The van der Waals surface area contributed by atoms with Crippen LogP contribution in [0.1, 0.15) is 32.6 Å². The molecule has 0 fully saturated rings. The molecule has 0 radical (unpaired) electrons. The van der Waals surface area contributed by atoms with E-state index >= 15 is 0 Å². The number of nitrogens with zero attached hydrogens (tertiary/aromatic N) is 2. The molecule has 1 aromatic heterocycles. The first kappa shape index (κ1) is 11.9. The minimum atomic E-state index is -0.243. The normalized spacial score (nSPS) is 11.2. The van der Waals surface area contributed by atoms with Crippen molar-refractivity contribution in [1.82, 2.24) is 9.55 Å². The third kappa shape index (κ3) is 2.57. The van der Waals surface area contributed by atoms with Gasteiger partial charge < -0.3 is 10.3 Å². The summed E-state index contributed by atoms with van der Waals surface area (Å²) >= 11 is 0. The number of fused-ring (bicyclic) bond motifs is 1. The van der Waals surface area contributed by atoms with E-state index in [9.17, 15) is 4.39 Å². The molecule has 0 unspecified atom stereocenters. The van der Waals surface area contributed by atoms with Crippen molar-refractivity contribution in [2.24, 2.45) is 0 Å². The van der Waals surface area contributed by atoms with Crippen LogP contribution in [0.2, 0.25) is 0 Å². The van der Waals surface area contributed by atoms with E-state index in [4.69, 9.17) is 5.73 Å². The van der Waals surface area contributed by atoms with Crippen molar-refractivity contribution < 1.29 is 4.39 Å². The predicted molar refractivity (Wildman–Crippen MR) is 68.2 cm³/mol. The molecule has 0 amide bonds. The number of hydrogen-bond donors (Lipinski definition) is 1. The Kier molecular flexibility index (Phi) is 3.61. The van der Waals surface area contributed by atoms with Crippen LogP contribution < -0.4 is 5.73 Å². The van der Waals surface area contributed by atoms with Gasteiger partial charge in [0.15, 0.2) is 0 Å². The van der Waals surface area contributed by atoms with Crippen molar-refractivity contribution >= 4 is 17.0 Å². The highest BCUT2D eigenvalue weighted by molar-refractivity contribution is 5.78. The van der Waals surface area contributed by atoms with E-state index in [1.54, 1.807) is 6.07 Å². The van der Waals surface area contributed by atoms with Crippen molar-refractivity contribution in [1.29, 1.82) is 0 Å². The van der Waals surface area contributed by atoms with Crippen LogP contribution >= 0.6 is 0 Å². The van der Waals surface area contributed by atoms with Crippen LogP contribution in [0.3, 0.4) is 0 Å². The second-order valence-corrected chi connectivity index (χ2v) is 4.32. The highest BCUT2D eigenvalue weighted by atomic mass is 19.1. The maximum Gasteiger partial charge on any atom is 0.201 e. The Morgan fingerprint density at radius 2 is 2.12 bits per heavy atom. The molecule has 1 aromatic carbocycles. The molecule has 3 nitrogen and oxygen atoms in total. The van der Waals surface area contributed by atoms with Crippen molar-refractivity contribution in [2.45, 2.75) is 39.2 Å². The summed E-state index contributed by atoms with van der Waals surface area (Å²) in [5.74, 6) is 0.231. The molecule has 2 aromatic rings. The number of aryl methyl sites for hydroxylation is 1. The van der Waals surface area contributed by atoms with E-state index in [1.165, 1.54) is 31.4 Å². The topological polar surface area (TPSA) is 43.8 Å². The number of nitrogen functional groups attached to an aromatic ring is 1. The molecule has 4 heteroatoms. The van der Waals surface area contributed by atoms with Gasteiger partial charge in [-0.05, 0) is 24.6 Å². The fourth-order valence-corrected chi connectivity index (χ4v) is 2.05. The lowest BCUT2D eigenvalue weighted by Gasteiger charge is -2.05. The molecule has 0 aliphatic heterocycles. The fraction of sp³-hybridized carbons (Fsp3) is 0.462. The van der Waals surface area contributed by atoms with E-state index < -0.39 is 0 Å². The van der Waals surface area contributed by atoms with Crippen molar-refractivity contribution in [3.8, 4) is 0 Å². The first-order valence-electron chi connectivity index (χ1n) is 6.13. The molecular formula is C13H18FN3. The zero-order chi connectivity index (χ0) is 12.3. The average Bonchev–Trinajstić information content (AvgIpc) is 2.61. The predicted octanol–water partition coefficient (Wildman–Crippen LogP) is 3.34. The second-order valence-electron chi connectivity index (χ2n) is 4.32. The number of rotatable bonds is 5. The Labute approximate surface area is 100 Å². The molecule has 0 aliphatic rings. The molecule has 1 heterocycles. The van der Waals surface area contributed by atoms with Crippen LogP contribution in [-0.2, 0) is 6.54 Å². The smallest absolute Gasteiger partial charge is 0.201 e. The van der Waals surface area contributed by atoms with E-state index in [0.717, 1.165) is 24.0 Å². The summed E-state index contributed by atoms with van der Waals surface area (Å²) in [5, 5.41) is 0. The van der Waals surface area contributed by atoms with Gasteiger partial charge in [0.1, 0.15) is 5.82 Å². The van der Waals surface area contributed by atoms with Crippen molar-refractivity contribution in [3.05, 3.63) is 24.0 Å². The van der Waals surface area contributed by atoms with Gasteiger partial charge in [-0.25, -0.2) is 9.37 Å². The van der Waals surface area contributed by atoms with Gasteiger partial charge in [-0.15, -0.1) is 0 Å². The van der Waals surface area contributed by atoms with Crippen LogP contribution in [0.25, 0.3) is 11.0 Å². The van der Waals surface area contributed by atoms with Gasteiger partial charge in [0.2, 0.25) is 5.95 Å². The standard InChI is InChI=1S/C13H18FN3/c1-2-3-4-5-8-17-12-9-10(14)6-7-11(12)16-13(17)15/h6-7,9H,2-5,8H2,1H3,(H2,15,16). The monoisotopic (exact) mass is 235 g/mol. The summed E-state index contributed by atoms with van der Waals surface area (Å²) in [5.41, 5.74) is 7.40. The number of anilines is 1. The van der Waals surface area contributed by atoms with Gasteiger partial charge in [-0.3, -0.25) is 0 Å². The molecule has 0 saturated heterocycles. The third-order valence-corrected chi connectivity index (χ3v) is 2.98. The SMILES string of the molecule is CCCCCCn1c(N)nc2ccc(F)cc21. The Morgan fingerprint density at radius 1 is 1.29 bits per heavy atom. The van der Waals surface area contributed by atoms with Crippen LogP contribution in [0.4, 0.5) is 10.3 Å². The van der Waals surface area contributed by atoms with Gasteiger partial charge in [-0.2, -0.15) is 0 Å². The van der Waals surface area contributed by atoms with E-state index in [2.05, 4.69) is 11.9 Å². The summed E-state index contributed by atoms with van der Waals surface area (Å²) in [6.45, 7) is 2.99. The van der Waals surface area contributed by atoms with E-state index in [-0.39, 0.29) is 5.82 Å². The number of benzene rings is 1. The molecule has 17 heavy (non-hydrogen) atoms. The number of imidazole rings is 1. The molecular weight excluding hydrogens is 217 g/mol. The minimum absolute atomic E-state index is 0.243. The fourth-order valence-electron chi connectivity index (χ4n) is 2.05. The lowest BCUT2D eigenvalue weighted by molar-refractivity contribution is 0.593. The Bertz CT molecular complexity index is 505. The van der Waals surface area contributed by atoms with E-state index in [0.29, 0.717) is 5.95 Å². The average molecular weight is 235 g/mol. The quantitative estimate of drug-likeness (QED) is 0.808. The molecule has 0 spiro atoms. The summed E-state index contributed by atoms with van der Waals surface area (Å²) in [6, 6.07) is 4.58. The number of hydrogen-bond acceptors (Lipinski definition) is 2.